The molecule has 140 valence electrons. The molecule has 0 radical (unpaired) electrons. The maximum absolute atomic E-state index is 12.8. The van der Waals surface area contributed by atoms with E-state index < -0.39 is 5.92 Å². The number of nitrogens with zero attached hydrogens (tertiary/aromatic N) is 3. The SMILES string of the molecule is COc1cnccc1N1CCN(C(=O)CC2C(=O)Nc3ccccc32)CC1. The van der Waals surface area contributed by atoms with Crippen molar-refractivity contribution in [1.82, 2.24) is 9.88 Å². The summed E-state index contributed by atoms with van der Waals surface area (Å²) in [5, 5.41) is 2.86. The van der Waals surface area contributed by atoms with Crippen LogP contribution in [0.4, 0.5) is 11.4 Å². The van der Waals surface area contributed by atoms with E-state index in [1.54, 1.807) is 19.5 Å². The van der Waals surface area contributed by atoms with Gasteiger partial charge in [-0.3, -0.25) is 14.6 Å². The van der Waals surface area contributed by atoms with Crippen molar-refractivity contribution in [2.24, 2.45) is 0 Å². The zero-order valence-corrected chi connectivity index (χ0v) is 15.2. The van der Waals surface area contributed by atoms with Crippen molar-refractivity contribution in [3.05, 3.63) is 48.3 Å². The van der Waals surface area contributed by atoms with Crippen LogP contribution >= 0.6 is 0 Å². The molecule has 0 bridgehead atoms. The molecule has 2 aliphatic rings. The highest BCUT2D eigenvalue weighted by Crippen LogP contribution is 2.35. The zero-order valence-electron chi connectivity index (χ0n) is 15.2. The summed E-state index contributed by atoms with van der Waals surface area (Å²) in [6, 6.07) is 9.50. The largest absolute Gasteiger partial charge is 0.493 e. The molecule has 1 atom stereocenters. The molecule has 27 heavy (non-hydrogen) atoms. The number of hydrogen-bond acceptors (Lipinski definition) is 5. The summed E-state index contributed by atoms with van der Waals surface area (Å²) >= 11 is 0. The Balaban J connectivity index is 1.39. The molecule has 7 heteroatoms. The first-order valence-corrected chi connectivity index (χ1v) is 9.08. The molecule has 2 aromatic rings. The number of amides is 2. The van der Waals surface area contributed by atoms with Crippen molar-refractivity contribution < 1.29 is 14.3 Å². The fourth-order valence-electron chi connectivity index (χ4n) is 3.77. The van der Waals surface area contributed by atoms with Gasteiger partial charge in [-0.15, -0.1) is 0 Å². The number of ether oxygens (including phenoxy) is 1. The molecule has 1 saturated heterocycles. The van der Waals surface area contributed by atoms with Crippen LogP contribution in [0.3, 0.4) is 0 Å². The molecule has 1 fully saturated rings. The maximum Gasteiger partial charge on any atom is 0.232 e. The van der Waals surface area contributed by atoms with Gasteiger partial charge in [-0.1, -0.05) is 18.2 Å². The number of pyridine rings is 1. The van der Waals surface area contributed by atoms with Crippen LogP contribution < -0.4 is 15.0 Å². The van der Waals surface area contributed by atoms with Gasteiger partial charge in [0.25, 0.3) is 0 Å². The fourth-order valence-corrected chi connectivity index (χ4v) is 3.77. The van der Waals surface area contributed by atoms with Crippen LogP contribution in [-0.2, 0) is 9.59 Å². The third kappa shape index (κ3) is 3.32. The Bertz CT molecular complexity index is 862. The number of anilines is 2. The highest BCUT2D eigenvalue weighted by atomic mass is 16.5. The summed E-state index contributed by atoms with van der Waals surface area (Å²) in [6.07, 6.45) is 3.65. The van der Waals surface area contributed by atoms with Gasteiger partial charge in [0.1, 0.15) is 0 Å². The molecular formula is C20H22N4O3. The lowest BCUT2D eigenvalue weighted by Gasteiger charge is -2.36. The molecule has 2 aliphatic heterocycles. The second kappa shape index (κ2) is 7.26. The zero-order chi connectivity index (χ0) is 18.8. The number of aromatic nitrogens is 1. The van der Waals surface area contributed by atoms with E-state index in [0.29, 0.717) is 13.1 Å². The summed E-state index contributed by atoms with van der Waals surface area (Å²) in [4.78, 5) is 33.1. The van der Waals surface area contributed by atoms with E-state index in [9.17, 15) is 9.59 Å². The van der Waals surface area contributed by atoms with Gasteiger partial charge in [-0.05, 0) is 17.7 Å². The quantitative estimate of drug-likeness (QED) is 0.894. The molecule has 0 spiro atoms. The van der Waals surface area contributed by atoms with E-state index in [1.165, 1.54) is 0 Å². The summed E-state index contributed by atoms with van der Waals surface area (Å²) in [7, 11) is 1.63. The second-order valence-corrected chi connectivity index (χ2v) is 6.75. The molecule has 2 amide bonds. The van der Waals surface area contributed by atoms with Gasteiger partial charge in [0.2, 0.25) is 11.8 Å². The molecule has 7 nitrogen and oxygen atoms in total. The average Bonchev–Trinajstić information content (AvgIpc) is 3.03. The predicted molar refractivity (Wildman–Crippen MR) is 102 cm³/mol. The molecule has 3 heterocycles. The van der Waals surface area contributed by atoms with Gasteiger partial charge in [0.05, 0.1) is 24.9 Å². The molecule has 1 aromatic heterocycles. The number of para-hydroxylation sites is 1. The molecule has 0 saturated carbocycles. The Labute approximate surface area is 157 Å². The van der Waals surface area contributed by atoms with Crippen LogP contribution in [0.25, 0.3) is 0 Å². The van der Waals surface area contributed by atoms with E-state index in [4.69, 9.17) is 4.74 Å². The van der Waals surface area contributed by atoms with E-state index in [0.717, 1.165) is 35.8 Å². The number of methoxy groups -OCH3 is 1. The number of carbonyl (C=O) groups is 2. The Morgan fingerprint density at radius 3 is 2.78 bits per heavy atom. The second-order valence-electron chi connectivity index (χ2n) is 6.75. The molecular weight excluding hydrogens is 344 g/mol. The summed E-state index contributed by atoms with van der Waals surface area (Å²) < 4.78 is 5.38. The lowest BCUT2D eigenvalue weighted by molar-refractivity contribution is -0.133. The molecule has 0 aliphatic carbocycles. The number of nitrogens with one attached hydrogen (secondary N) is 1. The topological polar surface area (TPSA) is 74.8 Å². The number of carbonyl (C=O) groups excluding carboxylic acids is 2. The minimum absolute atomic E-state index is 0.0215. The Kier molecular flexibility index (Phi) is 4.66. The summed E-state index contributed by atoms with van der Waals surface area (Å²) in [5.41, 5.74) is 2.72. The predicted octanol–water partition coefficient (Wildman–Crippen LogP) is 1.86. The van der Waals surface area contributed by atoms with Crippen molar-refractivity contribution in [2.45, 2.75) is 12.3 Å². The fraction of sp³-hybridized carbons (Fsp3) is 0.350. The molecule has 1 aromatic carbocycles. The van der Waals surface area contributed by atoms with E-state index >= 15 is 0 Å². The van der Waals surface area contributed by atoms with E-state index in [1.807, 2.05) is 35.2 Å². The maximum atomic E-state index is 12.8. The van der Waals surface area contributed by atoms with Gasteiger partial charge in [0, 0.05) is 44.5 Å². The van der Waals surface area contributed by atoms with Crippen LogP contribution in [0.2, 0.25) is 0 Å². The van der Waals surface area contributed by atoms with Crippen LogP contribution in [0.5, 0.6) is 5.75 Å². The third-order valence-corrected chi connectivity index (χ3v) is 5.24. The highest BCUT2D eigenvalue weighted by molar-refractivity contribution is 6.04. The van der Waals surface area contributed by atoms with Crippen LogP contribution in [0.1, 0.15) is 17.9 Å². The minimum Gasteiger partial charge on any atom is -0.493 e. The van der Waals surface area contributed by atoms with Crippen molar-refractivity contribution in [1.29, 1.82) is 0 Å². The van der Waals surface area contributed by atoms with Crippen LogP contribution in [-0.4, -0.2) is 55.0 Å². The first kappa shape index (κ1) is 17.3. The van der Waals surface area contributed by atoms with Crippen molar-refractivity contribution in [3.8, 4) is 5.75 Å². The van der Waals surface area contributed by atoms with Crippen molar-refractivity contribution >= 4 is 23.2 Å². The van der Waals surface area contributed by atoms with Crippen molar-refractivity contribution in [2.75, 3.05) is 43.5 Å². The van der Waals surface area contributed by atoms with Crippen molar-refractivity contribution in [3.63, 3.8) is 0 Å². The number of piperazine rings is 1. The Morgan fingerprint density at radius 2 is 2.00 bits per heavy atom. The van der Waals surface area contributed by atoms with E-state index in [-0.39, 0.29) is 18.2 Å². The van der Waals surface area contributed by atoms with Crippen LogP contribution in [0.15, 0.2) is 42.7 Å². The third-order valence-electron chi connectivity index (χ3n) is 5.24. The Morgan fingerprint density at radius 1 is 1.22 bits per heavy atom. The van der Waals surface area contributed by atoms with E-state index in [2.05, 4.69) is 15.2 Å². The van der Waals surface area contributed by atoms with Gasteiger partial charge in [-0.25, -0.2) is 0 Å². The highest BCUT2D eigenvalue weighted by Gasteiger charge is 2.34. The van der Waals surface area contributed by atoms with Gasteiger partial charge in [0.15, 0.2) is 5.75 Å². The number of rotatable bonds is 4. The average molecular weight is 366 g/mol. The number of hydrogen-bond donors (Lipinski definition) is 1. The van der Waals surface area contributed by atoms with Gasteiger partial charge >= 0.3 is 0 Å². The minimum atomic E-state index is -0.396. The molecule has 1 N–H and O–H groups in total. The van der Waals surface area contributed by atoms with Gasteiger partial charge in [-0.2, -0.15) is 0 Å². The standard InChI is InChI=1S/C20H22N4O3/c1-27-18-13-21-7-6-17(18)23-8-10-24(11-9-23)19(25)12-15-14-4-2-3-5-16(14)22-20(15)26/h2-7,13,15H,8-12H2,1H3,(H,22,26). The summed E-state index contributed by atoms with van der Waals surface area (Å²) in [6.45, 7) is 2.69. The molecule has 1 unspecified atom stereocenters. The lowest BCUT2D eigenvalue weighted by atomic mass is 9.96. The number of benzene rings is 1. The monoisotopic (exact) mass is 366 g/mol. The summed E-state index contributed by atoms with van der Waals surface area (Å²) in [5.74, 6) is 0.265. The smallest absolute Gasteiger partial charge is 0.232 e. The number of fused-ring (bicyclic) bond motifs is 1. The first-order valence-electron chi connectivity index (χ1n) is 9.08. The van der Waals surface area contributed by atoms with Crippen LogP contribution in [0, 0.1) is 0 Å². The Hall–Kier alpha value is -3.09. The lowest BCUT2D eigenvalue weighted by Crippen LogP contribution is -2.49. The van der Waals surface area contributed by atoms with Gasteiger partial charge < -0.3 is 19.9 Å². The normalized spacial score (nSPS) is 18.9. The first-order chi connectivity index (χ1) is 13.2. The molecule has 4 rings (SSSR count).